The Morgan fingerprint density at radius 1 is 1.14 bits per heavy atom. The van der Waals surface area contributed by atoms with E-state index in [4.69, 9.17) is 0 Å². The Balaban J connectivity index is 2.22. The van der Waals surface area contributed by atoms with Crippen LogP contribution in [0.5, 0.6) is 0 Å². The van der Waals surface area contributed by atoms with E-state index in [1.165, 1.54) is 18.4 Å². The zero-order valence-corrected chi connectivity index (χ0v) is 18.9. The molecule has 2 aromatic rings. The molecule has 0 aliphatic rings. The number of carbonyl (C=O) groups is 1. The lowest BCUT2D eigenvalue weighted by Gasteiger charge is -2.11. The summed E-state index contributed by atoms with van der Waals surface area (Å²) in [6.07, 6.45) is 6.20. The average molecular weight is 423 g/mol. The van der Waals surface area contributed by atoms with E-state index in [-0.39, 0.29) is 10.8 Å². The molecule has 0 bridgehead atoms. The molecule has 0 radical (unpaired) electrons. The van der Waals surface area contributed by atoms with Crippen molar-refractivity contribution in [3.05, 3.63) is 24.0 Å². The average Bonchev–Trinajstić information content (AvgIpc) is 3.04. The number of nitrogens with zero attached hydrogens (tertiary/aromatic N) is 3. The monoisotopic (exact) mass is 422 g/mol. The van der Waals surface area contributed by atoms with E-state index in [9.17, 15) is 13.2 Å². The van der Waals surface area contributed by atoms with Crippen LogP contribution < -0.4 is 5.32 Å². The third-order valence-electron chi connectivity index (χ3n) is 4.99. The second-order valence-corrected chi connectivity index (χ2v) is 9.68. The second-order valence-electron chi connectivity index (χ2n) is 7.53. The van der Waals surface area contributed by atoms with Crippen LogP contribution in [-0.2, 0) is 27.8 Å². The molecule has 0 atom stereocenters. The van der Waals surface area contributed by atoms with Gasteiger partial charge in [0.2, 0.25) is 15.9 Å². The molecule has 0 unspecified atom stereocenters. The number of aryl methyl sites for hydroxylation is 2. The number of carbonyl (C=O) groups excluding carboxylic acids is 1. The second kappa shape index (κ2) is 10.7. The van der Waals surface area contributed by atoms with Crippen LogP contribution >= 0.6 is 0 Å². The molecule has 1 aromatic carbocycles. The summed E-state index contributed by atoms with van der Waals surface area (Å²) in [5.74, 6) is 0.864. The third kappa shape index (κ3) is 6.02. The number of benzene rings is 1. The van der Waals surface area contributed by atoms with Gasteiger partial charge in [0.1, 0.15) is 5.82 Å². The highest BCUT2D eigenvalue weighted by Gasteiger charge is 2.20. The highest BCUT2D eigenvalue weighted by atomic mass is 32.2. The third-order valence-corrected chi connectivity index (χ3v) is 6.80. The fourth-order valence-electron chi connectivity index (χ4n) is 3.20. The van der Waals surface area contributed by atoms with Crippen molar-refractivity contribution in [3.8, 4) is 0 Å². The maximum Gasteiger partial charge on any atom is 0.242 e. The topological polar surface area (TPSA) is 84.3 Å². The van der Waals surface area contributed by atoms with Crippen LogP contribution in [0.2, 0.25) is 0 Å². The smallest absolute Gasteiger partial charge is 0.242 e. The van der Waals surface area contributed by atoms with Crippen molar-refractivity contribution in [1.82, 2.24) is 19.2 Å². The molecule has 0 saturated heterocycles. The van der Waals surface area contributed by atoms with Gasteiger partial charge >= 0.3 is 0 Å². The number of hydrogen-bond acceptors (Lipinski definition) is 4. The van der Waals surface area contributed by atoms with Crippen molar-refractivity contribution in [2.45, 2.75) is 70.2 Å². The minimum atomic E-state index is -3.51. The standard InChI is InChI=1S/C21H34N4O3S/c1-5-7-9-14-22-21(26)13-12-20-23-18-16-17(29(27,28)24(3)4)10-11-19(18)25(20)15-8-6-2/h10-11,16H,5-9,12-15H2,1-4H3,(H,22,26). The molecule has 1 aromatic heterocycles. The molecule has 29 heavy (non-hydrogen) atoms. The van der Waals surface area contributed by atoms with Crippen molar-refractivity contribution in [2.75, 3.05) is 20.6 Å². The van der Waals surface area contributed by atoms with Gasteiger partial charge in [-0.2, -0.15) is 0 Å². The SMILES string of the molecule is CCCCCNC(=O)CCc1nc2cc(S(=O)(=O)N(C)C)ccc2n1CCCC. The van der Waals surface area contributed by atoms with E-state index in [2.05, 4.69) is 28.7 Å². The molecule has 7 nitrogen and oxygen atoms in total. The fourth-order valence-corrected chi connectivity index (χ4v) is 4.13. The van der Waals surface area contributed by atoms with Crippen LogP contribution in [0.4, 0.5) is 0 Å². The van der Waals surface area contributed by atoms with E-state index in [0.29, 0.717) is 24.9 Å². The highest BCUT2D eigenvalue weighted by molar-refractivity contribution is 7.89. The maximum atomic E-state index is 12.4. The van der Waals surface area contributed by atoms with Crippen LogP contribution in [0.25, 0.3) is 11.0 Å². The predicted molar refractivity (Wildman–Crippen MR) is 116 cm³/mol. The van der Waals surface area contributed by atoms with Gasteiger partial charge in [0.25, 0.3) is 0 Å². The molecule has 0 aliphatic heterocycles. The van der Waals surface area contributed by atoms with Crippen molar-refractivity contribution in [3.63, 3.8) is 0 Å². The van der Waals surface area contributed by atoms with Crippen LogP contribution in [0.1, 0.15) is 58.2 Å². The highest BCUT2D eigenvalue weighted by Crippen LogP contribution is 2.23. The maximum absolute atomic E-state index is 12.4. The first-order chi connectivity index (χ1) is 13.8. The molecule has 1 N–H and O–H groups in total. The summed E-state index contributed by atoms with van der Waals surface area (Å²) in [5, 5.41) is 2.96. The van der Waals surface area contributed by atoms with Crippen molar-refractivity contribution in [1.29, 1.82) is 0 Å². The van der Waals surface area contributed by atoms with E-state index >= 15 is 0 Å². The first-order valence-corrected chi connectivity index (χ1v) is 11.9. The molecule has 2 rings (SSSR count). The normalized spacial score (nSPS) is 12.0. The lowest BCUT2D eigenvalue weighted by atomic mass is 10.2. The Morgan fingerprint density at radius 3 is 2.52 bits per heavy atom. The van der Waals surface area contributed by atoms with Gasteiger partial charge in [-0.3, -0.25) is 4.79 Å². The van der Waals surface area contributed by atoms with Crippen molar-refractivity contribution < 1.29 is 13.2 Å². The van der Waals surface area contributed by atoms with Crippen LogP contribution in [0.3, 0.4) is 0 Å². The minimum Gasteiger partial charge on any atom is -0.356 e. The number of unbranched alkanes of at least 4 members (excludes halogenated alkanes) is 3. The zero-order chi connectivity index (χ0) is 21.4. The van der Waals surface area contributed by atoms with Gasteiger partial charge in [0.05, 0.1) is 15.9 Å². The first kappa shape index (κ1) is 23.3. The number of sulfonamides is 1. The molecule has 0 saturated carbocycles. The lowest BCUT2D eigenvalue weighted by molar-refractivity contribution is -0.121. The molecule has 1 amide bonds. The summed E-state index contributed by atoms with van der Waals surface area (Å²) >= 11 is 0. The van der Waals surface area contributed by atoms with Gasteiger partial charge in [-0.25, -0.2) is 17.7 Å². The molecule has 0 fully saturated rings. The van der Waals surface area contributed by atoms with Crippen molar-refractivity contribution in [2.24, 2.45) is 0 Å². The number of fused-ring (bicyclic) bond motifs is 1. The van der Waals surface area contributed by atoms with Gasteiger partial charge in [-0.1, -0.05) is 33.1 Å². The lowest BCUT2D eigenvalue weighted by Crippen LogP contribution is -2.25. The Labute approximate surface area is 174 Å². The van der Waals surface area contributed by atoms with Gasteiger partial charge < -0.3 is 9.88 Å². The molecule has 8 heteroatoms. The molecule has 0 spiro atoms. The molecular formula is C21H34N4O3S. The summed E-state index contributed by atoms with van der Waals surface area (Å²) in [7, 11) is -0.474. The Bertz CT molecular complexity index is 919. The predicted octanol–water partition coefficient (Wildman–Crippen LogP) is 3.33. The summed E-state index contributed by atoms with van der Waals surface area (Å²) < 4.78 is 28.2. The number of imidazole rings is 1. The fraction of sp³-hybridized carbons (Fsp3) is 0.619. The van der Waals surface area contributed by atoms with Gasteiger partial charge in [-0.05, 0) is 31.0 Å². The molecular weight excluding hydrogens is 388 g/mol. The zero-order valence-electron chi connectivity index (χ0n) is 18.1. The summed E-state index contributed by atoms with van der Waals surface area (Å²) in [4.78, 5) is 17.1. The van der Waals surface area contributed by atoms with Crippen LogP contribution in [0, 0.1) is 0 Å². The van der Waals surface area contributed by atoms with E-state index < -0.39 is 10.0 Å². The van der Waals surface area contributed by atoms with E-state index in [1.807, 2.05) is 6.07 Å². The first-order valence-electron chi connectivity index (χ1n) is 10.5. The summed E-state index contributed by atoms with van der Waals surface area (Å²) in [6.45, 7) is 5.78. The minimum absolute atomic E-state index is 0.0334. The summed E-state index contributed by atoms with van der Waals surface area (Å²) in [5.41, 5.74) is 1.57. The Hall–Kier alpha value is -1.93. The van der Waals surface area contributed by atoms with Gasteiger partial charge in [-0.15, -0.1) is 0 Å². The quantitative estimate of drug-likeness (QED) is 0.532. The molecule has 162 valence electrons. The molecule has 1 heterocycles. The molecule has 0 aliphatic carbocycles. The number of amides is 1. The van der Waals surface area contributed by atoms with Gasteiger partial charge in [0.15, 0.2) is 0 Å². The number of nitrogens with one attached hydrogen (secondary N) is 1. The number of hydrogen-bond donors (Lipinski definition) is 1. The number of aromatic nitrogens is 2. The number of rotatable bonds is 12. The largest absolute Gasteiger partial charge is 0.356 e. The van der Waals surface area contributed by atoms with Gasteiger partial charge in [0, 0.05) is 40.0 Å². The van der Waals surface area contributed by atoms with Crippen LogP contribution in [0.15, 0.2) is 23.1 Å². The summed E-state index contributed by atoms with van der Waals surface area (Å²) in [6, 6.07) is 5.08. The van der Waals surface area contributed by atoms with E-state index in [1.54, 1.807) is 12.1 Å². The van der Waals surface area contributed by atoms with Crippen LogP contribution in [-0.4, -0.2) is 48.8 Å². The van der Waals surface area contributed by atoms with E-state index in [0.717, 1.165) is 50.0 Å². The Kier molecular flexibility index (Phi) is 8.64. The Morgan fingerprint density at radius 2 is 1.86 bits per heavy atom. The van der Waals surface area contributed by atoms with Crippen molar-refractivity contribution >= 4 is 27.0 Å².